The third kappa shape index (κ3) is 5.74. The van der Waals surface area contributed by atoms with Crippen molar-refractivity contribution in [1.82, 2.24) is 5.32 Å². The maximum absolute atomic E-state index is 13.4. The van der Waals surface area contributed by atoms with E-state index in [2.05, 4.69) is 49.3 Å². The monoisotopic (exact) mass is 431 g/mol. The average molecular weight is 433 g/mol. The van der Waals surface area contributed by atoms with Crippen LogP contribution in [0.3, 0.4) is 0 Å². The van der Waals surface area contributed by atoms with Gasteiger partial charge in [0.2, 0.25) is 0 Å². The minimum atomic E-state index is -0.199. The Morgan fingerprint density at radius 2 is 1.81 bits per heavy atom. The molecule has 0 saturated carbocycles. The molecule has 0 spiro atoms. The summed E-state index contributed by atoms with van der Waals surface area (Å²) in [6, 6.07) is 13.6. The summed E-state index contributed by atoms with van der Waals surface area (Å²) < 4.78 is 15.3. The van der Waals surface area contributed by atoms with Gasteiger partial charge in [-0.25, -0.2) is 4.39 Å². The van der Waals surface area contributed by atoms with Crippen molar-refractivity contribution in [2.75, 3.05) is 12.8 Å². The molecule has 0 aliphatic carbocycles. The molecule has 0 aliphatic heterocycles. The molecule has 0 bridgehead atoms. The molecule has 2 aromatic carbocycles. The highest BCUT2D eigenvalue weighted by atomic mass is 79.9. The molecule has 21 heavy (non-hydrogen) atoms. The van der Waals surface area contributed by atoms with Crippen molar-refractivity contribution < 1.29 is 4.39 Å². The van der Waals surface area contributed by atoms with Crippen LogP contribution in [0.15, 0.2) is 56.3 Å². The molecule has 0 amide bonds. The normalized spacial score (nSPS) is 12.4. The van der Waals surface area contributed by atoms with Gasteiger partial charge in [0, 0.05) is 25.6 Å². The molecule has 0 fully saturated rings. The second kappa shape index (κ2) is 8.32. The van der Waals surface area contributed by atoms with E-state index in [1.54, 1.807) is 17.8 Å². The van der Waals surface area contributed by atoms with Gasteiger partial charge in [-0.3, -0.25) is 0 Å². The van der Waals surface area contributed by atoms with Gasteiger partial charge in [-0.05, 0) is 61.5 Å². The smallest absolute Gasteiger partial charge is 0.124 e. The number of rotatable bonds is 6. The summed E-state index contributed by atoms with van der Waals surface area (Å²) in [5.74, 6) is 0.738. The van der Waals surface area contributed by atoms with Gasteiger partial charge in [0.25, 0.3) is 0 Å². The third-order valence-corrected chi connectivity index (χ3v) is 5.24. The Balaban J connectivity index is 1.95. The van der Waals surface area contributed by atoms with Gasteiger partial charge in [-0.15, -0.1) is 11.8 Å². The van der Waals surface area contributed by atoms with E-state index in [0.717, 1.165) is 26.7 Å². The minimum Gasteiger partial charge on any atom is -0.316 e. The van der Waals surface area contributed by atoms with Crippen LogP contribution in [0.5, 0.6) is 0 Å². The summed E-state index contributed by atoms with van der Waals surface area (Å²) in [6.45, 7) is 0. The van der Waals surface area contributed by atoms with Gasteiger partial charge in [0.1, 0.15) is 5.82 Å². The number of likely N-dealkylation sites (N-methyl/N-ethyl adjacent to an activating group) is 1. The molecule has 0 radical (unpaired) electrons. The van der Waals surface area contributed by atoms with Crippen LogP contribution in [0.1, 0.15) is 5.56 Å². The quantitative estimate of drug-likeness (QED) is 0.623. The summed E-state index contributed by atoms with van der Waals surface area (Å²) in [6.07, 6.45) is 0.802. The second-order valence-electron chi connectivity index (χ2n) is 4.73. The first-order valence-corrected chi connectivity index (χ1v) is 9.14. The number of thioether (sulfide) groups is 1. The average Bonchev–Trinajstić information content (AvgIpc) is 2.44. The molecule has 0 heterocycles. The van der Waals surface area contributed by atoms with Gasteiger partial charge in [0.05, 0.1) is 0 Å². The summed E-state index contributed by atoms with van der Waals surface area (Å²) in [5.41, 5.74) is 0.998. The number of nitrogens with one attached hydrogen (secondary N) is 1. The van der Waals surface area contributed by atoms with Crippen molar-refractivity contribution in [2.45, 2.75) is 17.4 Å². The number of halogens is 3. The van der Waals surface area contributed by atoms with Gasteiger partial charge < -0.3 is 5.32 Å². The van der Waals surface area contributed by atoms with Crippen LogP contribution >= 0.6 is 43.6 Å². The lowest BCUT2D eigenvalue weighted by molar-refractivity contribution is 0.602. The lowest BCUT2D eigenvalue weighted by Crippen LogP contribution is -2.30. The predicted molar refractivity (Wildman–Crippen MR) is 95.5 cm³/mol. The van der Waals surface area contributed by atoms with Crippen molar-refractivity contribution in [3.8, 4) is 0 Å². The lowest BCUT2D eigenvalue weighted by Gasteiger charge is -2.16. The van der Waals surface area contributed by atoms with E-state index in [-0.39, 0.29) is 5.82 Å². The van der Waals surface area contributed by atoms with Crippen molar-refractivity contribution in [1.29, 1.82) is 0 Å². The van der Waals surface area contributed by atoms with E-state index < -0.39 is 0 Å². The molecule has 1 N–H and O–H groups in total. The Hall–Kier alpha value is -0.360. The zero-order chi connectivity index (χ0) is 15.2. The van der Waals surface area contributed by atoms with Crippen molar-refractivity contribution in [2.24, 2.45) is 0 Å². The number of hydrogen-bond donors (Lipinski definition) is 1. The third-order valence-electron chi connectivity index (χ3n) is 3.08. The van der Waals surface area contributed by atoms with Crippen LogP contribution in [-0.4, -0.2) is 18.8 Å². The van der Waals surface area contributed by atoms with Gasteiger partial charge >= 0.3 is 0 Å². The molecule has 0 aromatic heterocycles. The highest BCUT2D eigenvalue weighted by molar-refractivity contribution is 9.10. The fourth-order valence-electron chi connectivity index (χ4n) is 1.99. The SMILES string of the molecule is CNC(CSc1ccc(Br)cc1)Cc1cc(F)cc(Br)c1. The van der Waals surface area contributed by atoms with Gasteiger partial charge in [-0.1, -0.05) is 31.9 Å². The molecule has 0 aliphatic rings. The molecule has 1 atom stereocenters. The molecular weight excluding hydrogens is 417 g/mol. The summed E-state index contributed by atoms with van der Waals surface area (Å²) in [4.78, 5) is 1.24. The van der Waals surface area contributed by atoms with Crippen LogP contribution in [-0.2, 0) is 6.42 Å². The minimum absolute atomic E-state index is 0.199. The van der Waals surface area contributed by atoms with Crippen LogP contribution in [0.2, 0.25) is 0 Å². The molecule has 2 rings (SSSR count). The Labute approximate surface area is 146 Å². The maximum atomic E-state index is 13.4. The Kier molecular flexibility index (Phi) is 6.74. The fourth-order valence-corrected chi connectivity index (χ4v) is 3.77. The highest BCUT2D eigenvalue weighted by Crippen LogP contribution is 2.23. The van der Waals surface area contributed by atoms with E-state index in [0.29, 0.717) is 6.04 Å². The molecule has 0 saturated heterocycles. The first-order chi connectivity index (χ1) is 10.1. The topological polar surface area (TPSA) is 12.0 Å². The number of benzene rings is 2. The predicted octanol–water partition coefficient (Wildman–Crippen LogP) is 5.27. The van der Waals surface area contributed by atoms with Crippen molar-refractivity contribution in [3.05, 3.63) is 62.8 Å². The number of hydrogen-bond acceptors (Lipinski definition) is 2. The van der Waals surface area contributed by atoms with Crippen LogP contribution in [0.4, 0.5) is 4.39 Å². The largest absolute Gasteiger partial charge is 0.316 e. The highest BCUT2D eigenvalue weighted by Gasteiger charge is 2.09. The first kappa shape index (κ1) is 17.0. The van der Waals surface area contributed by atoms with E-state index in [1.165, 1.54) is 11.0 Å². The van der Waals surface area contributed by atoms with Crippen molar-refractivity contribution >= 4 is 43.6 Å². The zero-order valence-corrected chi connectivity index (χ0v) is 15.6. The Morgan fingerprint density at radius 3 is 2.43 bits per heavy atom. The Morgan fingerprint density at radius 1 is 1.10 bits per heavy atom. The second-order valence-corrected chi connectivity index (χ2v) is 7.66. The van der Waals surface area contributed by atoms with E-state index in [1.807, 2.05) is 25.2 Å². The van der Waals surface area contributed by atoms with Crippen LogP contribution in [0.25, 0.3) is 0 Å². The molecule has 5 heteroatoms. The van der Waals surface area contributed by atoms with E-state index >= 15 is 0 Å². The molecular formula is C16H16Br2FNS. The zero-order valence-electron chi connectivity index (χ0n) is 11.6. The molecule has 1 unspecified atom stereocenters. The molecule has 1 nitrogen and oxygen atoms in total. The standard InChI is InChI=1S/C16H16Br2FNS/c1-20-15(8-11-6-13(18)9-14(19)7-11)10-21-16-4-2-12(17)3-5-16/h2-7,9,15,20H,8,10H2,1H3. The van der Waals surface area contributed by atoms with Crippen LogP contribution in [0, 0.1) is 5.82 Å². The van der Waals surface area contributed by atoms with Gasteiger partial charge in [-0.2, -0.15) is 0 Å². The van der Waals surface area contributed by atoms with Crippen molar-refractivity contribution in [3.63, 3.8) is 0 Å². The summed E-state index contributed by atoms with van der Waals surface area (Å²) in [7, 11) is 1.95. The fraction of sp³-hybridized carbons (Fsp3) is 0.250. The lowest BCUT2D eigenvalue weighted by atomic mass is 10.1. The maximum Gasteiger partial charge on any atom is 0.124 e. The van der Waals surface area contributed by atoms with E-state index in [9.17, 15) is 4.39 Å². The van der Waals surface area contributed by atoms with E-state index in [4.69, 9.17) is 0 Å². The van der Waals surface area contributed by atoms with Crippen LogP contribution < -0.4 is 5.32 Å². The summed E-state index contributed by atoms with van der Waals surface area (Å²) >= 11 is 8.57. The first-order valence-electron chi connectivity index (χ1n) is 6.57. The van der Waals surface area contributed by atoms with Gasteiger partial charge in [0.15, 0.2) is 0 Å². The molecule has 112 valence electrons. The Bertz CT molecular complexity index is 569. The molecule has 2 aromatic rings. The summed E-state index contributed by atoms with van der Waals surface area (Å²) in [5, 5.41) is 3.30.